The van der Waals surface area contributed by atoms with Gasteiger partial charge in [0.1, 0.15) is 6.04 Å². The zero-order chi connectivity index (χ0) is 17.5. The van der Waals surface area contributed by atoms with Gasteiger partial charge < -0.3 is 16.0 Å². The molecule has 0 spiro atoms. The molecule has 2 rings (SSSR count). The lowest BCUT2D eigenvalue weighted by Crippen LogP contribution is -2.44. The first-order valence-corrected chi connectivity index (χ1v) is 8.30. The summed E-state index contributed by atoms with van der Waals surface area (Å²) in [5, 5.41) is 3.00. The molecule has 128 valence electrons. The number of hydrogen-bond acceptors (Lipinski definition) is 3. The maximum atomic E-state index is 12.3. The predicted octanol–water partition coefficient (Wildman–Crippen LogP) is 2.63. The van der Waals surface area contributed by atoms with Crippen LogP contribution < -0.4 is 11.1 Å². The molecule has 2 atom stereocenters. The Morgan fingerprint density at radius 2 is 1.75 bits per heavy atom. The molecule has 2 aromatic rings. The molecule has 4 nitrogen and oxygen atoms in total. The largest absolute Gasteiger partial charge is 0.351 e. The van der Waals surface area contributed by atoms with Crippen LogP contribution in [0.1, 0.15) is 29.7 Å². The molecular weight excluding hydrogens is 298 g/mol. The van der Waals surface area contributed by atoms with E-state index in [1.165, 1.54) is 5.56 Å². The second kappa shape index (κ2) is 8.62. The molecule has 0 aliphatic heterocycles. The van der Waals surface area contributed by atoms with E-state index in [0.717, 1.165) is 24.2 Å². The molecule has 3 N–H and O–H groups in total. The number of hydrogen-bond donors (Lipinski definition) is 2. The Morgan fingerprint density at radius 1 is 1.12 bits per heavy atom. The first-order chi connectivity index (χ1) is 11.5. The van der Waals surface area contributed by atoms with Gasteiger partial charge in [0.25, 0.3) is 0 Å². The van der Waals surface area contributed by atoms with E-state index in [1.54, 1.807) is 0 Å². The number of likely N-dealkylation sites (N-methyl/N-ethyl adjacent to an activating group) is 1. The van der Waals surface area contributed by atoms with Crippen LogP contribution in [-0.4, -0.2) is 30.4 Å². The van der Waals surface area contributed by atoms with Gasteiger partial charge in [-0.05, 0) is 32.0 Å². The van der Waals surface area contributed by atoms with Crippen molar-refractivity contribution >= 4 is 5.91 Å². The van der Waals surface area contributed by atoms with Gasteiger partial charge in [-0.25, -0.2) is 0 Å². The van der Waals surface area contributed by atoms with Crippen molar-refractivity contribution < 1.29 is 4.79 Å². The van der Waals surface area contributed by atoms with E-state index in [-0.39, 0.29) is 11.9 Å². The molecule has 0 radical (unpaired) electrons. The highest BCUT2D eigenvalue weighted by molar-refractivity contribution is 5.83. The number of nitrogens with zero attached hydrogens (tertiary/aromatic N) is 1. The minimum absolute atomic E-state index is 0.0303. The smallest absolute Gasteiger partial charge is 0.241 e. The molecule has 0 aliphatic carbocycles. The van der Waals surface area contributed by atoms with Crippen molar-refractivity contribution in [3.8, 4) is 0 Å². The average Bonchev–Trinajstić information content (AvgIpc) is 2.55. The average molecular weight is 325 g/mol. The van der Waals surface area contributed by atoms with E-state index in [1.807, 2.05) is 56.3 Å². The maximum Gasteiger partial charge on any atom is 0.241 e. The third kappa shape index (κ3) is 5.48. The molecule has 0 bridgehead atoms. The van der Waals surface area contributed by atoms with Gasteiger partial charge in [0.2, 0.25) is 5.91 Å². The third-order valence-electron chi connectivity index (χ3n) is 3.99. The van der Waals surface area contributed by atoms with E-state index in [0.29, 0.717) is 0 Å². The first-order valence-electron chi connectivity index (χ1n) is 8.30. The molecule has 4 heteroatoms. The first kappa shape index (κ1) is 18.2. The van der Waals surface area contributed by atoms with E-state index in [9.17, 15) is 4.79 Å². The molecule has 24 heavy (non-hydrogen) atoms. The number of nitrogens with one attached hydrogen (secondary N) is 1. The highest BCUT2D eigenvalue weighted by atomic mass is 16.2. The maximum absolute atomic E-state index is 12.3. The van der Waals surface area contributed by atoms with Gasteiger partial charge in [0, 0.05) is 19.1 Å². The van der Waals surface area contributed by atoms with Gasteiger partial charge in [-0.1, -0.05) is 60.2 Å². The standard InChI is InChI=1S/C20H27N3O/c1-15-9-11-18(12-10-15)19(21)20(24)22-16(2)13-23(3)14-17-7-5-4-6-8-17/h4-12,16,19H,13-14,21H2,1-3H3,(H,22,24). The molecular formula is C20H27N3O. The van der Waals surface area contributed by atoms with E-state index in [2.05, 4.69) is 29.4 Å². The third-order valence-corrected chi connectivity index (χ3v) is 3.99. The normalized spacial score (nSPS) is 13.5. The Hall–Kier alpha value is -2.17. The molecule has 2 aromatic carbocycles. The van der Waals surface area contributed by atoms with E-state index >= 15 is 0 Å². The number of nitrogens with two attached hydrogens (primary N) is 1. The van der Waals surface area contributed by atoms with Crippen molar-refractivity contribution in [2.24, 2.45) is 5.73 Å². The zero-order valence-electron chi connectivity index (χ0n) is 14.7. The molecule has 0 aliphatic rings. The summed E-state index contributed by atoms with van der Waals surface area (Å²) in [6.07, 6.45) is 0. The molecule has 2 unspecified atom stereocenters. The van der Waals surface area contributed by atoms with Crippen LogP contribution >= 0.6 is 0 Å². The summed E-state index contributed by atoms with van der Waals surface area (Å²) in [5.41, 5.74) is 9.32. The minimum Gasteiger partial charge on any atom is -0.351 e. The van der Waals surface area contributed by atoms with Gasteiger partial charge in [0.05, 0.1) is 0 Å². The fourth-order valence-electron chi connectivity index (χ4n) is 2.73. The van der Waals surface area contributed by atoms with Gasteiger partial charge in [-0.3, -0.25) is 4.79 Å². The van der Waals surface area contributed by atoms with Crippen LogP contribution in [0, 0.1) is 6.92 Å². The molecule has 0 fully saturated rings. The van der Waals surface area contributed by atoms with Crippen LogP contribution in [0.5, 0.6) is 0 Å². The van der Waals surface area contributed by atoms with Crippen molar-refractivity contribution in [3.63, 3.8) is 0 Å². The summed E-state index contributed by atoms with van der Waals surface area (Å²) in [7, 11) is 2.05. The number of carbonyl (C=O) groups excluding carboxylic acids is 1. The van der Waals surface area contributed by atoms with Gasteiger partial charge in [0.15, 0.2) is 0 Å². The summed E-state index contributed by atoms with van der Waals surface area (Å²) in [6, 6.07) is 17.5. The van der Waals surface area contributed by atoms with Crippen LogP contribution in [0.2, 0.25) is 0 Å². The van der Waals surface area contributed by atoms with E-state index in [4.69, 9.17) is 5.73 Å². The number of rotatable bonds is 7. The number of aryl methyl sites for hydroxylation is 1. The minimum atomic E-state index is -0.632. The van der Waals surface area contributed by atoms with Crippen LogP contribution in [-0.2, 0) is 11.3 Å². The quantitative estimate of drug-likeness (QED) is 0.823. The van der Waals surface area contributed by atoms with Crippen molar-refractivity contribution in [3.05, 3.63) is 71.3 Å². The highest BCUT2D eigenvalue weighted by Crippen LogP contribution is 2.12. The lowest BCUT2D eigenvalue weighted by atomic mass is 10.1. The SMILES string of the molecule is Cc1ccc(C(N)C(=O)NC(C)CN(C)Cc2ccccc2)cc1. The second-order valence-corrected chi connectivity index (χ2v) is 6.48. The van der Waals surface area contributed by atoms with Crippen molar-refractivity contribution in [1.29, 1.82) is 0 Å². The highest BCUT2D eigenvalue weighted by Gasteiger charge is 2.18. The summed E-state index contributed by atoms with van der Waals surface area (Å²) in [4.78, 5) is 14.5. The topological polar surface area (TPSA) is 58.4 Å². The zero-order valence-corrected chi connectivity index (χ0v) is 14.7. The number of carbonyl (C=O) groups is 1. The summed E-state index contributed by atoms with van der Waals surface area (Å²) >= 11 is 0. The van der Waals surface area contributed by atoms with Crippen LogP contribution in [0.15, 0.2) is 54.6 Å². The number of amides is 1. The van der Waals surface area contributed by atoms with Gasteiger partial charge in [-0.2, -0.15) is 0 Å². The lowest BCUT2D eigenvalue weighted by molar-refractivity contribution is -0.123. The van der Waals surface area contributed by atoms with Crippen molar-refractivity contribution in [2.75, 3.05) is 13.6 Å². The molecule has 0 saturated heterocycles. The Labute approximate surface area is 144 Å². The van der Waals surface area contributed by atoms with Crippen molar-refractivity contribution in [1.82, 2.24) is 10.2 Å². The Balaban J connectivity index is 1.83. The van der Waals surface area contributed by atoms with E-state index < -0.39 is 6.04 Å². The monoisotopic (exact) mass is 325 g/mol. The molecule has 0 heterocycles. The predicted molar refractivity (Wildman–Crippen MR) is 98.5 cm³/mol. The Kier molecular flexibility index (Phi) is 6.53. The van der Waals surface area contributed by atoms with Gasteiger partial charge >= 0.3 is 0 Å². The van der Waals surface area contributed by atoms with Crippen LogP contribution in [0.25, 0.3) is 0 Å². The second-order valence-electron chi connectivity index (χ2n) is 6.48. The molecule has 0 aromatic heterocycles. The molecule has 1 amide bonds. The van der Waals surface area contributed by atoms with Crippen LogP contribution in [0.3, 0.4) is 0 Å². The number of benzene rings is 2. The van der Waals surface area contributed by atoms with Crippen LogP contribution in [0.4, 0.5) is 0 Å². The Morgan fingerprint density at radius 3 is 2.38 bits per heavy atom. The molecule has 0 saturated carbocycles. The summed E-state index contributed by atoms with van der Waals surface area (Å²) in [5.74, 6) is -0.139. The summed E-state index contributed by atoms with van der Waals surface area (Å²) in [6.45, 7) is 5.63. The lowest BCUT2D eigenvalue weighted by Gasteiger charge is -2.23. The summed E-state index contributed by atoms with van der Waals surface area (Å²) < 4.78 is 0. The van der Waals surface area contributed by atoms with Crippen molar-refractivity contribution in [2.45, 2.75) is 32.5 Å². The Bertz CT molecular complexity index is 640. The fourth-order valence-corrected chi connectivity index (χ4v) is 2.73. The van der Waals surface area contributed by atoms with Gasteiger partial charge in [-0.15, -0.1) is 0 Å². The fraction of sp³-hybridized carbons (Fsp3) is 0.350.